The molecular formula is C11H14F3N3O3S. The third kappa shape index (κ3) is 4.81. The summed E-state index contributed by atoms with van der Waals surface area (Å²) in [7, 11) is -3.92. The summed E-state index contributed by atoms with van der Waals surface area (Å²) in [4.78, 5) is 0. The predicted octanol–water partition coefficient (Wildman–Crippen LogP) is 1.21. The Morgan fingerprint density at radius 3 is 2.81 bits per heavy atom. The van der Waals surface area contributed by atoms with Gasteiger partial charge in [0.2, 0.25) is 15.9 Å². The van der Waals surface area contributed by atoms with Gasteiger partial charge in [0.15, 0.2) is 0 Å². The molecule has 0 N–H and O–H groups in total. The average Bonchev–Trinajstić information content (AvgIpc) is 2.86. The highest BCUT2D eigenvalue weighted by Gasteiger charge is 2.36. The Bertz CT molecular complexity index is 565. The molecule has 0 spiro atoms. The molecule has 1 saturated heterocycles. The molecule has 1 aliphatic heterocycles. The molecule has 0 radical (unpaired) electrons. The average molecular weight is 325 g/mol. The molecule has 0 aliphatic carbocycles. The number of hydrogen-bond acceptors (Lipinski definition) is 5. The third-order valence-electron chi connectivity index (χ3n) is 2.98. The van der Waals surface area contributed by atoms with Gasteiger partial charge in [-0.15, -0.1) is 5.10 Å². The second-order valence-electron chi connectivity index (χ2n) is 4.63. The number of alkyl halides is 3. The molecule has 2 rings (SSSR count). The summed E-state index contributed by atoms with van der Waals surface area (Å²) >= 11 is 0. The van der Waals surface area contributed by atoms with Crippen molar-refractivity contribution in [2.45, 2.75) is 25.1 Å². The van der Waals surface area contributed by atoms with Crippen molar-refractivity contribution in [3.8, 4) is 5.88 Å². The molecule has 10 heteroatoms. The van der Waals surface area contributed by atoms with Crippen molar-refractivity contribution < 1.29 is 26.3 Å². The van der Waals surface area contributed by atoms with Gasteiger partial charge < -0.3 is 4.74 Å². The van der Waals surface area contributed by atoms with Crippen LogP contribution in [0.3, 0.4) is 0 Å². The van der Waals surface area contributed by atoms with Crippen LogP contribution >= 0.6 is 0 Å². The van der Waals surface area contributed by atoms with Crippen LogP contribution in [-0.4, -0.2) is 54.0 Å². The van der Waals surface area contributed by atoms with Crippen LogP contribution < -0.4 is 4.74 Å². The lowest BCUT2D eigenvalue weighted by Gasteiger charge is -2.17. The zero-order valence-corrected chi connectivity index (χ0v) is 11.8. The third-order valence-corrected chi connectivity index (χ3v) is 4.82. The van der Waals surface area contributed by atoms with E-state index in [4.69, 9.17) is 4.74 Å². The summed E-state index contributed by atoms with van der Waals surface area (Å²) in [5.41, 5.74) is 0. The Hall–Kier alpha value is -1.42. The van der Waals surface area contributed by atoms with E-state index in [1.807, 2.05) is 0 Å². The lowest BCUT2D eigenvalue weighted by Crippen LogP contribution is -2.34. The van der Waals surface area contributed by atoms with Crippen molar-refractivity contribution in [2.24, 2.45) is 0 Å². The topological polar surface area (TPSA) is 72.4 Å². The fraction of sp³-hybridized carbons (Fsp3) is 0.636. The highest BCUT2D eigenvalue weighted by atomic mass is 32.2. The van der Waals surface area contributed by atoms with Crippen LogP contribution in [0, 0.1) is 0 Å². The smallest absolute Gasteiger partial charge is 0.390 e. The summed E-state index contributed by atoms with van der Waals surface area (Å²) in [6, 6.07) is 3.20. The normalized spacial score (nSPS) is 20.6. The highest BCUT2D eigenvalue weighted by Crippen LogP contribution is 2.23. The van der Waals surface area contributed by atoms with E-state index >= 15 is 0 Å². The van der Waals surface area contributed by atoms with Crippen LogP contribution in [0.15, 0.2) is 18.3 Å². The first-order chi connectivity index (χ1) is 9.76. The lowest BCUT2D eigenvalue weighted by atomic mass is 10.3. The molecule has 0 saturated carbocycles. The molecule has 0 aromatic carbocycles. The number of hydrogen-bond donors (Lipinski definition) is 0. The molecule has 6 nitrogen and oxygen atoms in total. The van der Waals surface area contributed by atoms with Crippen LogP contribution in [0.2, 0.25) is 0 Å². The maximum atomic E-state index is 12.1. The monoisotopic (exact) mass is 325 g/mol. The molecule has 1 fully saturated rings. The van der Waals surface area contributed by atoms with E-state index in [-0.39, 0.29) is 19.0 Å². The Morgan fingerprint density at radius 2 is 2.19 bits per heavy atom. The van der Waals surface area contributed by atoms with E-state index in [2.05, 4.69) is 10.2 Å². The zero-order valence-electron chi connectivity index (χ0n) is 11.0. The molecule has 1 aliphatic rings. The van der Waals surface area contributed by atoms with E-state index in [9.17, 15) is 21.6 Å². The van der Waals surface area contributed by atoms with E-state index in [1.165, 1.54) is 6.20 Å². The van der Waals surface area contributed by atoms with Crippen molar-refractivity contribution in [2.75, 3.05) is 18.8 Å². The fourth-order valence-electron chi connectivity index (χ4n) is 1.94. The first-order valence-corrected chi connectivity index (χ1v) is 7.86. The second-order valence-corrected chi connectivity index (χ2v) is 6.72. The van der Waals surface area contributed by atoms with Gasteiger partial charge in [-0.25, -0.2) is 8.42 Å². The van der Waals surface area contributed by atoms with Gasteiger partial charge in [-0.3, -0.25) is 0 Å². The first-order valence-electron chi connectivity index (χ1n) is 6.25. The van der Waals surface area contributed by atoms with E-state index in [0.717, 1.165) is 4.31 Å². The highest BCUT2D eigenvalue weighted by molar-refractivity contribution is 7.89. The minimum atomic E-state index is -4.48. The molecule has 1 aromatic rings. The minimum Gasteiger partial charge on any atom is -0.472 e. The van der Waals surface area contributed by atoms with Crippen molar-refractivity contribution in [1.29, 1.82) is 0 Å². The Morgan fingerprint density at radius 1 is 1.43 bits per heavy atom. The number of rotatable bonds is 5. The molecule has 118 valence electrons. The molecule has 1 atom stereocenters. The SMILES string of the molecule is O=S(=O)(CCC(F)(F)F)N1CCC(Oc2cccnn2)C1. The van der Waals surface area contributed by atoms with Crippen LogP contribution in [0.25, 0.3) is 0 Å². The maximum Gasteiger partial charge on any atom is 0.390 e. The number of halogens is 3. The van der Waals surface area contributed by atoms with Gasteiger partial charge in [-0.1, -0.05) is 0 Å². The Balaban J connectivity index is 1.89. The van der Waals surface area contributed by atoms with Gasteiger partial charge in [-0.05, 0) is 12.5 Å². The summed E-state index contributed by atoms with van der Waals surface area (Å²) in [5, 5.41) is 7.33. The quantitative estimate of drug-likeness (QED) is 0.814. The van der Waals surface area contributed by atoms with Crippen molar-refractivity contribution in [3.05, 3.63) is 18.3 Å². The lowest BCUT2D eigenvalue weighted by molar-refractivity contribution is -0.130. The molecule has 0 bridgehead atoms. The van der Waals surface area contributed by atoms with Gasteiger partial charge in [0, 0.05) is 18.8 Å². The fourth-order valence-corrected chi connectivity index (χ4v) is 3.47. The van der Waals surface area contributed by atoms with E-state index < -0.39 is 34.5 Å². The molecular weight excluding hydrogens is 311 g/mol. The summed E-state index contributed by atoms with van der Waals surface area (Å²) in [6.07, 6.45) is -4.39. The minimum absolute atomic E-state index is 0.0246. The number of ether oxygens (including phenoxy) is 1. The van der Waals surface area contributed by atoms with Gasteiger partial charge in [0.05, 0.1) is 18.7 Å². The molecule has 2 heterocycles. The van der Waals surface area contributed by atoms with Crippen LogP contribution in [0.1, 0.15) is 12.8 Å². The van der Waals surface area contributed by atoms with Gasteiger partial charge in [0.25, 0.3) is 0 Å². The summed E-state index contributed by atoms with van der Waals surface area (Å²) in [5.74, 6) is -0.675. The van der Waals surface area contributed by atoms with Crippen molar-refractivity contribution in [3.63, 3.8) is 0 Å². The first kappa shape index (κ1) is 16.0. The Labute approximate surface area is 120 Å². The van der Waals surface area contributed by atoms with Crippen LogP contribution in [0.4, 0.5) is 13.2 Å². The van der Waals surface area contributed by atoms with E-state index in [0.29, 0.717) is 6.42 Å². The Kier molecular flexibility index (Phi) is 4.67. The number of sulfonamides is 1. The van der Waals surface area contributed by atoms with Crippen LogP contribution in [0.5, 0.6) is 5.88 Å². The second kappa shape index (κ2) is 6.14. The van der Waals surface area contributed by atoms with Gasteiger partial charge >= 0.3 is 6.18 Å². The molecule has 1 aromatic heterocycles. The van der Waals surface area contributed by atoms with Crippen LogP contribution in [-0.2, 0) is 10.0 Å². The molecule has 21 heavy (non-hydrogen) atoms. The number of nitrogens with zero attached hydrogens (tertiary/aromatic N) is 3. The van der Waals surface area contributed by atoms with E-state index in [1.54, 1.807) is 12.1 Å². The van der Waals surface area contributed by atoms with Crippen molar-refractivity contribution in [1.82, 2.24) is 14.5 Å². The predicted molar refractivity (Wildman–Crippen MR) is 67.1 cm³/mol. The molecule has 1 unspecified atom stereocenters. The standard InChI is InChI=1S/C11H14F3N3O3S/c12-11(13,14)4-7-21(18,19)17-6-3-9(8-17)20-10-2-1-5-15-16-10/h1-2,5,9H,3-4,6-8H2. The zero-order chi connectivity index (χ0) is 15.5. The number of aromatic nitrogens is 2. The summed E-state index contributed by atoms with van der Waals surface area (Å²) in [6.45, 7) is 0.169. The van der Waals surface area contributed by atoms with Gasteiger partial charge in [-0.2, -0.15) is 22.6 Å². The largest absolute Gasteiger partial charge is 0.472 e. The summed E-state index contributed by atoms with van der Waals surface area (Å²) < 4.78 is 66.5. The molecule has 0 amide bonds. The maximum absolute atomic E-state index is 12.1. The van der Waals surface area contributed by atoms with Gasteiger partial charge in [0.1, 0.15) is 6.10 Å². The van der Waals surface area contributed by atoms with Crippen molar-refractivity contribution >= 4 is 10.0 Å².